The number of aliphatic hydroxyl groups is 1. The molecule has 5 heteroatoms. The summed E-state index contributed by atoms with van der Waals surface area (Å²) in [6.07, 6.45) is 21.6. The second-order valence-corrected chi connectivity index (χ2v) is 8.31. The lowest BCUT2D eigenvalue weighted by atomic mass is 10.0. The van der Waals surface area contributed by atoms with E-state index < -0.39 is 5.97 Å². The zero-order chi connectivity index (χ0) is 22.2. The van der Waals surface area contributed by atoms with Gasteiger partial charge in [-0.3, -0.25) is 9.69 Å². The Morgan fingerprint density at radius 1 is 0.759 bits per heavy atom. The fourth-order valence-corrected chi connectivity index (χ4v) is 3.03. The van der Waals surface area contributed by atoms with Crippen LogP contribution in [0.15, 0.2) is 4.99 Å². The van der Waals surface area contributed by atoms with Gasteiger partial charge in [0.25, 0.3) is 0 Å². The van der Waals surface area contributed by atoms with E-state index in [4.69, 9.17) is 10.2 Å². The molecule has 0 rings (SSSR count). The van der Waals surface area contributed by atoms with Crippen LogP contribution in [0.2, 0.25) is 0 Å². The molecule has 5 nitrogen and oxygen atoms in total. The number of likely N-dealkylation sites (N-methyl/N-ethyl adjacent to an activating group) is 1. The number of unbranched alkanes of at least 4 members (excludes halogenated alkanes) is 15. The second kappa shape index (κ2) is 25.1. The van der Waals surface area contributed by atoms with Crippen molar-refractivity contribution in [2.45, 2.75) is 116 Å². The SMILES string of the molecule is C=NCCCCCCCCCCCCCCCCCCO.CC(C(=O)O)N(C)C. The molecule has 0 radical (unpaired) electrons. The average molecular weight is 415 g/mol. The van der Waals surface area contributed by atoms with Crippen LogP contribution >= 0.6 is 0 Å². The van der Waals surface area contributed by atoms with Gasteiger partial charge in [0.2, 0.25) is 0 Å². The van der Waals surface area contributed by atoms with Gasteiger partial charge in [-0.1, -0.05) is 89.9 Å². The summed E-state index contributed by atoms with van der Waals surface area (Å²) < 4.78 is 0. The molecule has 174 valence electrons. The van der Waals surface area contributed by atoms with E-state index in [-0.39, 0.29) is 6.04 Å². The molecule has 0 fully saturated rings. The third-order valence-corrected chi connectivity index (χ3v) is 5.36. The van der Waals surface area contributed by atoms with Gasteiger partial charge in [0.15, 0.2) is 0 Å². The Morgan fingerprint density at radius 2 is 1.07 bits per heavy atom. The van der Waals surface area contributed by atoms with E-state index >= 15 is 0 Å². The minimum Gasteiger partial charge on any atom is -0.480 e. The number of carboxylic acid groups (broad SMARTS) is 1. The summed E-state index contributed by atoms with van der Waals surface area (Å²) in [6, 6.07) is -0.380. The Balaban J connectivity index is 0. The van der Waals surface area contributed by atoms with E-state index in [0.717, 1.165) is 13.0 Å². The third kappa shape index (κ3) is 27.1. The molecule has 0 aromatic heterocycles. The predicted octanol–water partition coefficient (Wildman–Crippen LogP) is 5.94. The maximum absolute atomic E-state index is 10.1. The molecule has 1 atom stereocenters. The number of hydrogen-bond donors (Lipinski definition) is 2. The molecule has 0 saturated heterocycles. The maximum atomic E-state index is 10.1. The summed E-state index contributed by atoms with van der Waals surface area (Å²) in [7, 11) is 3.47. The van der Waals surface area contributed by atoms with Crippen molar-refractivity contribution in [1.82, 2.24) is 4.90 Å². The van der Waals surface area contributed by atoms with Gasteiger partial charge in [-0.05, 0) is 40.6 Å². The highest BCUT2D eigenvalue weighted by Crippen LogP contribution is 2.13. The van der Waals surface area contributed by atoms with E-state index in [1.807, 2.05) is 0 Å². The van der Waals surface area contributed by atoms with Crippen molar-refractivity contribution in [3.8, 4) is 0 Å². The smallest absolute Gasteiger partial charge is 0.320 e. The van der Waals surface area contributed by atoms with Crippen LogP contribution in [0.1, 0.15) is 110 Å². The highest BCUT2D eigenvalue weighted by atomic mass is 16.4. The second-order valence-electron chi connectivity index (χ2n) is 8.31. The van der Waals surface area contributed by atoms with Gasteiger partial charge in [-0.2, -0.15) is 0 Å². The van der Waals surface area contributed by atoms with Crippen LogP contribution in [0.4, 0.5) is 0 Å². The van der Waals surface area contributed by atoms with Crippen molar-refractivity contribution >= 4 is 12.7 Å². The molecular formula is C24H50N2O3. The molecule has 0 spiro atoms. The van der Waals surface area contributed by atoms with Crippen LogP contribution in [-0.4, -0.2) is 61.1 Å². The highest BCUT2D eigenvalue weighted by molar-refractivity contribution is 5.72. The van der Waals surface area contributed by atoms with Crippen LogP contribution in [-0.2, 0) is 4.79 Å². The van der Waals surface area contributed by atoms with E-state index in [0.29, 0.717) is 6.61 Å². The zero-order valence-corrected chi connectivity index (χ0v) is 19.7. The molecule has 0 bridgehead atoms. The van der Waals surface area contributed by atoms with Crippen LogP contribution in [0.5, 0.6) is 0 Å². The number of aliphatic imine (C=N–C) groups is 1. The lowest BCUT2D eigenvalue weighted by Gasteiger charge is -2.13. The first kappa shape index (κ1) is 30.3. The van der Waals surface area contributed by atoms with Crippen molar-refractivity contribution in [3.05, 3.63) is 0 Å². The minimum atomic E-state index is -0.782. The molecule has 0 saturated carbocycles. The van der Waals surface area contributed by atoms with E-state index in [9.17, 15) is 4.79 Å². The van der Waals surface area contributed by atoms with Crippen molar-refractivity contribution in [2.24, 2.45) is 4.99 Å². The van der Waals surface area contributed by atoms with Crippen LogP contribution < -0.4 is 0 Å². The summed E-state index contributed by atoms with van der Waals surface area (Å²) >= 11 is 0. The van der Waals surface area contributed by atoms with Gasteiger partial charge in [0.05, 0.1) is 0 Å². The normalized spacial score (nSPS) is 11.8. The lowest BCUT2D eigenvalue weighted by Crippen LogP contribution is -2.32. The topological polar surface area (TPSA) is 73.1 Å². The number of rotatable bonds is 20. The van der Waals surface area contributed by atoms with E-state index in [1.165, 1.54) is 96.3 Å². The van der Waals surface area contributed by atoms with Crippen molar-refractivity contribution in [1.29, 1.82) is 0 Å². The van der Waals surface area contributed by atoms with Crippen molar-refractivity contribution in [2.75, 3.05) is 27.2 Å². The van der Waals surface area contributed by atoms with Crippen LogP contribution in [0.3, 0.4) is 0 Å². The molecule has 0 aliphatic carbocycles. The molecule has 0 aromatic rings. The fraction of sp³-hybridized carbons (Fsp3) is 0.917. The number of aliphatic hydroxyl groups excluding tert-OH is 1. The average Bonchev–Trinajstić information content (AvgIpc) is 2.70. The first-order chi connectivity index (χ1) is 14.0. The molecule has 0 aromatic carbocycles. The van der Waals surface area contributed by atoms with Crippen LogP contribution in [0, 0.1) is 0 Å². The Morgan fingerprint density at radius 3 is 1.28 bits per heavy atom. The lowest BCUT2D eigenvalue weighted by molar-refractivity contribution is -0.141. The van der Waals surface area contributed by atoms with Gasteiger partial charge in [-0.15, -0.1) is 0 Å². The van der Waals surface area contributed by atoms with E-state index in [2.05, 4.69) is 11.7 Å². The molecular weight excluding hydrogens is 364 g/mol. The molecule has 2 N–H and O–H groups in total. The van der Waals surface area contributed by atoms with Gasteiger partial charge >= 0.3 is 5.97 Å². The monoisotopic (exact) mass is 414 g/mol. The Hall–Kier alpha value is -0.940. The van der Waals surface area contributed by atoms with Gasteiger partial charge in [0.1, 0.15) is 6.04 Å². The Kier molecular flexibility index (Phi) is 26.2. The maximum Gasteiger partial charge on any atom is 0.320 e. The van der Waals surface area contributed by atoms with Gasteiger partial charge < -0.3 is 15.2 Å². The third-order valence-electron chi connectivity index (χ3n) is 5.36. The van der Waals surface area contributed by atoms with Crippen molar-refractivity contribution < 1.29 is 15.0 Å². The largest absolute Gasteiger partial charge is 0.480 e. The minimum absolute atomic E-state index is 0.367. The zero-order valence-electron chi connectivity index (χ0n) is 19.7. The molecule has 0 amide bonds. The summed E-state index contributed by atoms with van der Waals surface area (Å²) in [5, 5.41) is 17.0. The summed E-state index contributed by atoms with van der Waals surface area (Å²) in [5.41, 5.74) is 0. The summed E-state index contributed by atoms with van der Waals surface area (Å²) in [6.45, 7) is 6.47. The number of carboxylic acids is 1. The van der Waals surface area contributed by atoms with Gasteiger partial charge in [0, 0.05) is 13.2 Å². The molecule has 0 heterocycles. The Bertz CT molecular complexity index is 349. The summed E-state index contributed by atoms with van der Waals surface area (Å²) in [5.74, 6) is -0.782. The number of hydrogen-bond acceptors (Lipinski definition) is 4. The molecule has 0 aliphatic rings. The molecule has 29 heavy (non-hydrogen) atoms. The highest BCUT2D eigenvalue weighted by Gasteiger charge is 2.11. The first-order valence-corrected chi connectivity index (χ1v) is 11.9. The van der Waals surface area contributed by atoms with Gasteiger partial charge in [-0.25, -0.2) is 0 Å². The molecule has 1 unspecified atom stereocenters. The quantitative estimate of drug-likeness (QED) is 0.191. The molecule has 0 aliphatic heterocycles. The van der Waals surface area contributed by atoms with E-state index in [1.54, 1.807) is 25.9 Å². The van der Waals surface area contributed by atoms with Crippen molar-refractivity contribution in [3.63, 3.8) is 0 Å². The number of nitrogens with zero attached hydrogens (tertiary/aromatic N) is 2. The first-order valence-electron chi connectivity index (χ1n) is 11.9. The number of aliphatic carboxylic acids is 1. The standard InChI is InChI=1S/C19H39NO.C5H11NO2/c1-20-18-16-14-12-10-8-6-4-2-3-5-7-9-11-13-15-17-19-21;1-4(5(7)8)6(2)3/h21H,1-19H2;4H,1-3H3,(H,7,8). The predicted molar refractivity (Wildman–Crippen MR) is 126 cm³/mol. The number of carbonyl (C=O) groups is 1. The van der Waals surface area contributed by atoms with Crippen LogP contribution in [0.25, 0.3) is 0 Å². The summed E-state index contributed by atoms with van der Waals surface area (Å²) in [4.78, 5) is 15.6. The fourth-order valence-electron chi connectivity index (χ4n) is 3.03. The Labute approximate surface area is 181 Å².